The maximum Gasteiger partial charge on any atom is 0.243 e. The van der Waals surface area contributed by atoms with Crippen LogP contribution in [0.4, 0.5) is 0 Å². The Labute approximate surface area is 131 Å². The monoisotopic (exact) mass is 355 g/mol. The van der Waals surface area contributed by atoms with Crippen LogP contribution in [0.2, 0.25) is 0 Å². The largest absolute Gasteiger partial charge is 0.289 e. The third-order valence-electron chi connectivity index (χ3n) is 2.73. The van der Waals surface area contributed by atoms with Gasteiger partial charge in [-0.25, -0.2) is 10.9 Å². The summed E-state index contributed by atoms with van der Waals surface area (Å²) >= 11 is 3.39. The van der Waals surface area contributed by atoms with E-state index in [9.17, 15) is 9.59 Å². The molecular formula is C14H18BrN3O3. The van der Waals surface area contributed by atoms with E-state index < -0.39 is 5.91 Å². The summed E-state index contributed by atoms with van der Waals surface area (Å²) in [4.78, 5) is 22.3. The van der Waals surface area contributed by atoms with Crippen LogP contribution in [0.3, 0.4) is 0 Å². The van der Waals surface area contributed by atoms with Crippen molar-refractivity contribution in [3.05, 3.63) is 34.3 Å². The fourth-order valence-corrected chi connectivity index (χ4v) is 2.00. The zero-order valence-corrected chi connectivity index (χ0v) is 13.1. The molecule has 7 heteroatoms. The minimum Gasteiger partial charge on any atom is -0.289 e. The van der Waals surface area contributed by atoms with E-state index in [4.69, 9.17) is 5.21 Å². The van der Waals surface area contributed by atoms with Gasteiger partial charge >= 0.3 is 0 Å². The molecule has 114 valence electrons. The van der Waals surface area contributed by atoms with E-state index in [2.05, 4.69) is 26.5 Å². The van der Waals surface area contributed by atoms with Crippen molar-refractivity contribution in [2.75, 3.05) is 0 Å². The molecule has 6 nitrogen and oxygen atoms in total. The van der Waals surface area contributed by atoms with Crippen LogP contribution in [-0.2, 0) is 9.59 Å². The van der Waals surface area contributed by atoms with Crippen LogP contribution in [0.15, 0.2) is 33.8 Å². The van der Waals surface area contributed by atoms with Crippen molar-refractivity contribution in [3.63, 3.8) is 0 Å². The number of halogens is 1. The quantitative estimate of drug-likeness (QED) is 0.289. The van der Waals surface area contributed by atoms with Gasteiger partial charge in [0.05, 0.1) is 6.21 Å². The lowest BCUT2D eigenvalue weighted by molar-refractivity contribution is -0.129. The Morgan fingerprint density at radius 3 is 2.48 bits per heavy atom. The Morgan fingerprint density at radius 1 is 1.14 bits per heavy atom. The van der Waals surface area contributed by atoms with Crippen LogP contribution in [0.25, 0.3) is 0 Å². The number of benzene rings is 1. The fraction of sp³-hybridized carbons (Fsp3) is 0.357. The first-order valence-corrected chi connectivity index (χ1v) is 7.42. The van der Waals surface area contributed by atoms with E-state index in [1.54, 1.807) is 11.7 Å². The number of rotatable bonds is 8. The van der Waals surface area contributed by atoms with E-state index in [1.165, 1.54) is 0 Å². The molecule has 0 aromatic heterocycles. The molecule has 1 aromatic carbocycles. The first-order chi connectivity index (χ1) is 10.1. The van der Waals surface area contributed by atoms with Gasteiger partial charge in [0.2, 0.25) is 11.8 Å². The number of hydrazone groups is 1. The second kappa shape index (κ2) is 10.1. The Bertz CT molecular complexity index is 506. The van der Waals surface area contributed by atoms with Crippen molar-refractivity contribution in [2.24, 2.45) is 5.10 Å². The van der Waals surface area contributed by atoms with Gasteiger partial charge < -0.3 is 0 Å². The van der Waals surface area contributed by atoms with Gasteiger partial charge in [-0.1, -0.05) is 40.5 Å². The van der Waals surface area contributed by atoms with Crippen LogP contribution in [-0.4, -0.2) is 23.2 Å². The predicted molar refractivity (Wildman–Crippen MR) is 82.9 cm³/mol. The third kappa shape index (κ3) is 7.57. The molecule has 0 saturated heterocycles. The second-order valence-corrected chi connectivity index (χ2v) is 5.26. The molecule has 0 saturated carbocycles. The van der Waals surface area contributed by atoms with Crippen LogP contribution in [0.5, 0.6) is 0 Å². The number of nitrogens with one attached hydrogen (secondary N) is 2. The number of hydrogen-bond acceptors (Lipinski definition) is 4. The summed E-state index contributed by atoms with van der Waals surface area (Å²) in [6.07, 6.45) is 4.25. The standard InChI is InChI=1S/C14H18BrN3O3/c15-12-7-5-4-6-11(12)10-16-17-13(19)8-2-1-3-9-14(20)18-21/h4-7,10,21H,1-3,8-9H2,(H,17,19)(H,18,20)/b16-10+. The SMILES string of the molecule is O=C(CCCCCC(=O)N/N=C/c1ccccc1Br)NO. The van der Waals surface area contributed by atoms with Gasteiger partial charge in [-0.3, -0.25) is 14.8 Å². The van der Waals surface area contributed by atoms with E-state index in [0.717, 1.165) is 16.5 Å². The third-order valence-corrected chi connectivity index (χ3v) is 3.45. The second-order valence-electron chi connectivity index (χ2n) is 4.41. The van der Waals surface area contributed by atoms with Gasteiger partial charge in [-0.05, 0) is 18.9 Å². The first kappa shape index (κ1) is 17.3. The van der Waals surface area contributed by atoms with Crippen molar-refractivity contribution < 1.29 is 14.8 Å². The molecule has 0 aliphatic rings. The average molecular weight is 356 g/mol. The fourth-order valence-electron chi connectivity index (χ4n) is 1.61. The molecule has 0 aliphatic carbocycles. The molecule has 0 heterocycles. The van der Waals surface area contributed by atoms with Crippen molar-refractivity contribution in [3.8, 4) is 0 Å². The van der Waals surface area contributed by atoms with E-state index in [1.807, 2.05) is 24.3 Å². The molecule has 0 atom stereocenters. The van der Waals surface area contributed by atoms with Gasteiger partial charge in [0, 0.05) is 22.9 Å². The summed E-state index contributed by atoms with van der Waals surface area (Å²) in [5.74, 6) is -0.567. The number of hydrogen-bond donors (Lipinski definition) is 3. The Kier molecular flexibility index (Phi) is 8.30. The molecular weight excluding hydrogens is 338 g/mol. The highest BCUT2D eigenvalue weighted by atomic mass is 79.9. The maximum absolute atomic E-state index is 11.5. The summed E-state index contributed by atoms with van der Waals surface area (Å²) in [5, 5.41) is 12.2. The van der Waals surface area contributed by atoms with E-state index >= 15 is 0 Å². The molecule has 2 amide bonds. The summed E-state index contributed by atoms with van der Waals surface area (Å²) < 4.78 is 0.908. The lowest BCUT2D eigenvalue weighted by Crippen LogP contribution is -2.18. The Balaban J connectivity index is 2.17. The van der Waals surface area contributed by atoms with E-state index in [-0.39, 0.29) is 12.3 Å². The number of amides is 2. The minimum atomic E-state index is -0.405. The first-order valence-electron chi connectivity index (χ1n) is 6.63. The highest BCUT2D eigenvalue weighted by molar-refractivity contribution is 9.10. The number of carbonyl (C=O) groups excluding carboxylic acids is 2. The van der Waals surface area contributed by atoms with E-state index in [0.29, 0.717) is 19.3 Å². The smallest absolute Gasteiger partial charge is 0.243 e. The number of hydroxylamine groups is 1. The van der Waals surface area contributed by atoms with Crippen molar-refractivity contribution in [1.29, 1.82) is 0 Å². The molecule has 0 aliphatic heterocycles. The summed E-state index contributed by atoms with van der Waals surface area (Å²) in [6.45, 7) is 0. The Hall–Kier alpha value is -1.73. The molecule has 3 N–H and O–H groups in total. The normalized spacial score (nSPS) is 10.6. The van der Waals surface area contributed by atoms with Gasteiger partial charge in [-0.15, -0.1) is 0 Å². The Morgan fingerprint density at radius 2 is 1.81 bits per heavy atom. The van der Waals surface area contributed by atoms with Gasteiger partial charge in [0.1, 0.15) is 0 Å². The molecule has 1 aromatic rings. The highest BCUT2D eigenvalue weighted by Gasteiger charge is 2.02. The number of carbonyl (C=O) groups is 2. The number of unbranched alkanes of at least 4 members (excludes halogenated alkanes) is 2. The molecule has 0 fully saturated rings. The molecule has 0 radical (unpaired) electrons. The predicted octanol–water partition coefficient (Wildman–Crippen LogP) is 2.36. The van der Waals surface area contributed by atoms with Gasteiger partial charge in [0.15, 0.2) is 0 Å². The van der Waals surface area contributed by atoms with Crippen molar-refractivity contribution >= 4 is 34.0 Å². The molecule has 0 spiro atoms. The maximum atomic E-state index is 11.5. The zero-order chi connectivity index (χ0) is 15.5. The van der Waals surface area contributed by atoms with Crippen LogP contribution >= 0.6 is 15.9 Å². The molecule has 1 rings (SSSR count). The lowest BCUT2D eigenvalue weighted by atomic mass is 10.1. The highest BCUT2D eigenvalue weighted by Crippen LogP contribution is 2.13. The summed E-state index contributed by atoms with van der Waals surface area (Å²) in [7, 11) is 0. The molecule has 21 heavy (non-hydrogen) atoms. The number of nitrogens with zero attached hydrogens (tertiary/aromatic N) is 1. The van der Waals surface area contributed by atoms with Crippen LogP contribution < -0.4 is 10.9 Å². The molecule has 0 bridgehead atoms. The molecule has 0 unspecified atom stereocenters. The summed E-state index contributed by atoms with van der Waals surface area (Å²) in [6, 6.07) is 7.56. The van der Waals surface area contributed by atoms with Crippen molar-refractivity contribution in [2.45, 2.75) is 32.1 Å². The minimum absolute atomic E-state index is 0.162. The average Bonchev–Trinajstić information content (AvgIpc) is 2.48. The van der Waals surface area contributed by atoms with Crippen molar-refractivity contribution in [1.82, 2.24) is 10.9 Å². The van der Waals surface area contributed by atoms with Crippen LogP contribution in [0, 0.1) is 0 Å². The van der Waals surface area contributed by atoms with Crippen LogP contribution in [0.1, 0.15) is 37.7 Å². The topological polar surface area (TPSA) is 90.8 Å². The summed E-state index contributed by atoms with van der Waals surface area (Å²) in [5.41, 5.74) is 4.91. The van der Waals surface area contributed by atoms with Gasteiger partial charge in [-0.2, -0.15) is 5.10 Å². The van der Waals surface area contributed by atoms with Gasteiger partial charge in [0.25, 0.3) is 0 Å². The lowest BCUT2D eigenvalue weighted by Gasteiger charge is -2.01. The zero-order valence-electron chi connectivity index (χ0n) is 11.5.